The molecule has 0 saturated carbocycles. The molecule has 0 radical (unpaired) electrons. The van der Waals surface area contributed by atoms with Crippen LogP contribution in [0.15, 0.2) is 164 Å². The topological polar surface area (TPSA) is 49.4 Å². The molecule has 0 unspecified atom stereocenters. The maximum Gasteiger partial charge on any atom is 0.0816 e. The number of unbranched alkanes of at least 4 members (excludes halogenated alkanes) is 3. The quantitative estimate of drug-likeness (QED) is 0.182. The van der Waals surface area contributed by atoms with Gasteiger partial charge in [-0.2, -0.15) is 0 Å². The van der Waals surface area contributed by atoms with Gasteiger partial charge in [-0.05, 0) is 78.7 Å². The molecular formula is C40H28N4Zn. The molecule has 0 amide bonds. The number of aliphatic imine (C=N–C) groups is 4. The molecule has 2 aromatic rings. The van der Waals surface area contributed by atoms with Crippen LogP contribution < -0.4 is 0 Å². The van der Waals surface area contributed by atoms with Crippen LogP contribution in [0.4, 0.5) is 0 Å². The maximum absolute atomic E-state index is 5.44. The molecule has 0 aliphatic carbocycles. The van der Waals surface area contributed by atoms with Gasteiger partial charge in [0, 0.05) is 43.5 Å². The maximum atomic E-state index is 5.44. The summed E-state index contributed by atoms with van der Waals surface area (Å²) in [4.78, 5) is 20.3. The first-order valence-electron chi connectivity index (χ1n) is 14.8. The van der Waals surface area contributed by atoms with Crippen LogP contribution in [0, 0.1) is 24.2 Å². The Balaban J connectivity index is 0.00000357. The van der Waals surface area contributed by atoms with Gasteiger partial charge < -0.3 is 0 Å². The number of nitrogens with zero attached hydrogens (tertiary/aromatic N) is 4. The second kappa shape index (κ2) is 13.6. The van der Waals surface area contributed by atoms with Gasteiger partial charge >= 0.3 is 0 Å². The van der Waals surface area contributed by atoms with E-state index in [4.69, 9.17) is 26.4 Å². The smallest absolute Gasteiger partial charge is 0.0816 e. The average molecular weight is 630 g/mol. The fraction of sp³-hybridized carbons (Fsp3) is 0.100. The number of rotatable bonds is 5. The summed E-state index contributed by atoms with van der Waals surface area (Å²) in [5, 5.41) is 0. The predicted molar refractivity (Wildman–Crippen MR) is 183 cm³/mol. The molecule has 0 spiro atoms. The zero-order valence-corrected chi connectivity index (χ0v) is 27.8. The Morgan fingerprint density at radius 2 is 1.13 bits per heavy atom. The van der Waals surface area contributed by atoms with Crippen molar-refractivity contribution in [3.63, 3.8) is 0 Å². The Labute approximate surface area is 277 Å². The van der Waals surface area contributed by atoms with E-state index < -0.39 is 0 Å². The van der Waals surface area contributed by atoms with E-state index in [1.807, 2.05) is 66.8 Å². The van der Waals surface area contributed by atoms with Crippen LogP contribution in [0.3, 0.4) is 0 Å². The van der Waals surface area contributed by atoms with E-state index in [1.54, 1.807) is 0 Å². The fourth-order valence-corrected chi connectivity index (χ4v) is 5.54. The third-order valence-corrected chi connectivity index (χ3v) is 7.65. The molecule has 2 aromatic carbocycles. The van der Waals surface area contributed by atoms with Crippen molar-refractivity contribution in [3.8, 4) is 24.2 Å². The summed E-state index contributed by atoms with van der Waals surface area (Å²) in [5.41, 5.74) is 11.5. The van der Waals surface area contributed by atoms with Gasteiger partial charge in [-0.3, -0.25) is 0 Å². The zero-order valence-electron chi connectivity index (χ0n) is 24.9. The Morgan fingerprint density at radius 3 is 1.87 bits per heavy atom. The van der Waals surface area contributed by atoms with Crippen molar-refractivity contribution < 1.29 is 19.5 Å². The minimum atomic E-state index is 0. The van der Waals surface area contributed by atoms with Gasteiger partial charge in [0.1, 0.15) is 0 Å². The molecule has 5 heteroatoms. The summed E-state index contributed by atoms with van der Waals surface area (Å²) in [6.07, 6.45) is 27.2. The molecule has 5 heterocycles. The largest absolute Gasteiger partial charge is 0.248 e. The van der Waals surface area contributed by atoms with Crippen molar-refractivity contribution in [2.45, 2.75) is 25.7 Å². The van der Waals surface area contributed by atoms with Crippen molar-refractivity contribution in [1.29, 1.82) is 0 Å². The van der Waals surface area contributed by atoms with E-state index in [-0.39, 0.29) is 19.5 Å². The molecule has 210 valence electrons. The minimum absolute atomic E-state index is 0. The average Bonchev–Trinajstić information content (AvgIpc) is 3.88. The summed E-state index contributed by atoms with van der Waals surface area (Å²) in [5.74, 6) is 9.52. The van der Waals surface area contributed by atoms with Crippen LogP contribution in [0.5, 0.6) is 0 Å². The van der Waals surface area contributed by atoms with Gasteiger partial charge in [0.05, 0.1) is 51.2 Å². The number of allylic oxidation sites excluding steroid dienone is 12. The Bertz CT molecular complexity index is 2000. The molecule has 45 heavy (non-hydrogen) atoms. The summed E-state index contributed by atoms with van der Waals surface area (Å²) < 4.78 is 0. The second-order valence-electron chi connectivity index (χ2n) is 10.7. The van der Waals surface area contributed by atoms with Crippen LogP contribution >= 0.6 is 0 Å². The number of hydrogen-bond acceptors (Lipinski definition) is 4. The van der Waals surface area contributed by atoms with Crippen LogP contribution in [-0.2, 0) is 19.5 Å². The van der Waals surface area contributed by atoms with E-state index in [0.717, 1.165) is 99.2 Å². The van der Waals surface area contributed by atoms with Gasteiger partial charge in [0.25, 0.3) is 0 Å². The number of fused-ring (bicyclic) bond motifs is 4. The first kappa shape index (κ1) is 29.8. The molecule has 5 aliphatic rings. The van der Waals surface area contributed by atoms with Gasteiger partial charge in [-0.1, -0.05) is 72.5 Å². The van der Waals surface area contributed by atoms with Crippen LogP contribution in [0.1, 0.15) is 36.8 Å². The SMILES string of the molecule is C#CCCCCC#CC1=C2C=CC(=N2)C(c2ccccc2)=C2C=CC(=N2)C=C2C=CC(=N2)C(c2ccccc2)=C2C=CC1=N2.[Zn]. The number of benzene rings is 2. The van der Waals surface area contributed by atoms with Crippen molar-refractivity contribution in [2.75, 3.05) is 0 Å². The van der Waals surface area contributed by atoms with Crippen molar-refractivity contribution in [1.82, 2.24) is 0 Å². The van der Waals surface area contributed by atoms with Crippen molar-refractivity contribution in [3.05, 3.63) is 155 Å². The number of terminal acetylenes is 1. The van der Waals surface area contributed by atoms with E-state index in [2.05, 4.69) is 66.3 Å². The third-order valence-electron chi connectivity index (χ3n) is 7.65. The van der Waals surface area contributed by atoms with Crippen LogP contribution in [0.25, 0.3) is 11.1 Å². The van der Waals surface area contributed by atoms with E-state index in [0.29, 0.717) is 0 Å². The molecule has 0 atom stereocenters. The molecule has 5 aliphatic heterocycles. The van der Waals surface area contributed by atoms with E-state index in [9.17, 15) is 0 Å². The normalized spacial score (nSPS) is 17.4. The van der Waals surface area contributed by atoms with Crippen LogP contribution in [-0.4, -0.2) is 22.8 Å². The molecule has 4 nitrogen and oxygen atoms in total. The molecule has 8 bridgehead atoms. The van der Waals surface area contributed by atoms with E-state index >= 15 is 0 Å². The van der Waals surface area contributed by atoms with Crippen molar-refractivity contribution >= 4 is 34.0 Å². The standard InChI is InChI=1S/C40H28N4.Zn/c1-2-3-4-5-6-13-18-32-33-23-25-37(43-33)39(28-14-9-7-10-15-28)35-21-19-30(41-35)27-31-20-22-36(42-31)40(29-16-11-8-12-17-29)38-26-24-34(32)44-38;/h1,7-12,14-17,19-27H,3-6H2;. The van der Waals surface area contributed by atoms with Crippen molar-refractivity contribution in [2.24, 2.45) is 20.0 Å². The second-order valence-corrected chi connectivity index (χ2v) is 10.7. The molecule has 0 aromatic heterocycles. The summed E-state index contributed by atoms with van der Waals surface area (Å²) in [6, 6.07) is 20.6. The van der Waals surface area contributed by atoms with Gasteiger partial charge in [-0.25, -0.2) is 20.0 Å². The van der Waals surface area contributed by atoms with E-state index in [1.165, 1.54) is 0 Å². The first-order chi connectivity index (χ1) is 21.8. The molecule has 0 saturated heterocycles. The molecule has 0 N–H and O–H groups in total. The summed E-state index contributed by atoms with van der Waals surface area (Å²) in [6.45, 7) is 0. The zero-order chi connectivity index (χ0) is 29.7. The fourth-order valence-electron chi connectivity index (χ4n) is 5.54. The summed E-state index contributed by atoms with van der Waals surface area (Å²) in [7, 11) is 0. The van der Waals surface area contributed by atoms with Gasteiger partial charge in [0.15, 0.2) is 0 Å². The number of hydrogen-bond donors (Lipinski definition) is 0. The molecular weight excluding hydrogens is 602 g/mol. The minimum Gasteiger partial charge on any atom is -0.248 e. The van der Waals surface area contributed by atoms with Crippen LogP contribution in [0.2, 0.25) is 0 Å². The van der Waals surface area contributed by atoms with Gasteiger partial charge in [0.2, 0.25) is 0 Å². The molecule has 7 rings (SSSR count). The first-order valence-corrected chi connectivity index (χ1v) is 14.8. The molecule has 0 fully saturated rings. The Kier molecular flexibility index (Phi) is 9.02. The summed E-state index contributed by atoms with van der Waals surface area (Å²) >= 11 is 0. The Hall–Kier alpha value is -5.22. The van der Waals surface area contributed by atoms with Gasteiger partial charge in [-0.15, -0.1) is 12.3 Å². The Morgan fingerprint density at radius 1 is 0.556 bits per heavy atom. The monoisotopic (exact) mass is 628 g/mol. The third kappa shape index (κ3) is 6.37. The predicted octanol–water partition coefficient (Wildman–Crippen LogP) is 8.20.